The van der Waals surface area contributed by atoms with Crippen molar-refractivity contribution in [3.8, 4) is 0 Å². The summed E-state index contributed by atoms with van der Waals surface area (Å²) in [5, 5.41) is 0.719. The molecule has 0 aromatic heterocycles. The van der Waals surface area contributed by atoms with Crippen LogP contribution >= 0.6 is 23.4 Å². The van der Waals surface area contributed by atoms with Crippen molar-refractivity contribution in [3.05, 3.63) is 34.9 Å². The minimum atomic E-state index is -0.417. The van der Waals surface area contributed by atoms with Gasteiger partial charge in [-0.25, -0.2) is 0 Å². The minimum absolute atomic E-state index is 0.126. The molecule has 0 spiro atoms. The molecule has 1 saturated heterocycles. The number of rotatable bonds is 4. The number of hydrogen-bond acceptors (Lipinski definition) is 3. The van der Waals surface area contributed by atoms with E-state index in [1.54, 1.807) is 0 Å². The fraction of sp³-hybridized carbons (Fsp3) is 0.500. The average molecular weight is 284 g/mol. The van der Waals surface area contributed by atoms with E-state index < -0.39 is 6.04 Å². The molecule has 0 bridgehead atoms. The van der Waals surface area contributed by atoms with Gasteiger partial charge in [-0.2, -0.15) is 11.8 Å². The number of hydrogen-bond donors (Lipinski definition) is 1. The van der Waals surface area contributed by atoms with Crippen molar-refractivity contribution < 1.29 is 4.79 Å². The quantitative estimate of drug-likeness (QED) is 0.864. The predicted molar refractivity (Wildman–Crippen MR) is 78.3 cm³/mol. The molecule has 2 unspecified atom stereocenters. The number of nitrogens with two attached hydrogens (primary N) is 1. The van der Waals surface area contributed by atoms with Crippen molar-refractivity contribution in [2.45, 2.75) is 24.8 Å². The van der Waals surface area contributed by atoms with Gasteiger partial charge in [0.15, 0.2) is 0 Å². The van der Waals surface area contributed by atoms with Gasteiger partial charge in [0, 0.05) is 10.9 Å². The van der Waals surface area contributed by atoms with E-state index in [9.17, 15) is 4.79 Å². The summed E-state index contributed by atoms with van der Waals surface area (Å²) in [4.78, 5) is 11.1. The summed E-state index contributed by atoms with van der Waals surface area (Å²) in [7, 11) is 0. The Morgan fingerprint density at radius 1 is 1.28 bits per heavy atom. The molecular weight excluding hydrogens is 266 g/mol. The van der Waals surface area contributed by atoms with E-state index in [-0.39, 0.29) is 5.92 Å². The topological polar surface area (TPSA) is 43.1 Å². The summed E-state index contributed by atoms with van der Waals surface area (Å²) >= 11 is 7.89. The Kier molecular flexibility index (Phi) is 5.10. The molecule has 2 rings (SSSR count). The molecule has 2 atom stereocenters. The first-order chi connectivity index (χ1) is 8.72. The largest absolute Gasteiger partial charge is 0.321 e. The Hall–Kier alpha value is -0.510. The number of halogens is 1. The highest BCUT2D eigenvalue weighted by Gasteiger charge is 2.29. The second-order valence-corrected chi connectivity index (χ2v) is 6.40. The number of carbonyl (C=O) groups is 1. The lowest BCUT2D eigenvalue weighted by Gasteiger charge is -2.32. The number of carbonyl (C=O) groups excluding carboxylic acids is 1. The van der Waals surface area contributed by atoms with Gasteiger partial charge in [0.05, 0.1) is 6.04 Å². The third kappa shape index (κ3) is 3.28. The molecule has 0 saturated carbocycles. The summed E-state index contributed by atoms with van der Waals surface area (Å²) in [6.07, 6.45) is 3.15. The van der Waals surface area contributed by atoms with Crippen LogP contribution in [0.3, 0.4) is 0 Å². The van der Waals surface area contributed by atoms with Crippen LogP contribution in [0, 0.1) is 5.92 Å². The van der Waals surface area contributed by atoms with E-state index in [0.29, 0.717) is 5.92 Å². The minimum Gasteiger partial charge on any atom is -0.321 e. The molecular formula is C14H18ClNOS. The van der Waals surface area contributed by atoms with Crippen LogP contribution in [0.4, 0.5) is 0 Å². The molecule has 18 heavy (non-hydrogen) atoms. The zero-order valence-electron chi connectivity index (χ0n) is 10.2. The first kappa shape index (κ1) is 13.9. The van der Waals surface area contributed by atoms with Gasteiger partial charge in [-0.3, -0.25) is 0 Å². The molecule has 1 fully saturated rings. The lowest BCUT2D eigenvalue weighted by atomic mass is 9.78. The summed E-state index contributed by atoms with van der Waals surface area (Å²) in [5.74, 6) is 2.97. The zero-order valence-corrected chi connectivity index (χ0v) is 11.8. The van der Waals surface area contributed by atoms with E-state index in [1.807, 2.05) is 36.0 Å². The van der Waals surface area contributed by atoms with Gasteiger partial charge in [0.25, 0.3) is 0 Å². The highest BCUT2D eigenvalue weighted by Crippen LogP contribution is 2.36. The second-order valence-electron chi connectivity index (χ2n) is 4.74. The Labute approximate surface area is 117 Å². The van der Waals surface area contributed by atoms with Crippen LogP contribution in [0.25, 0.3) is 0 Å². The van der Waals surface area contributed by atoms with Gasteiger partial charge in [-0.15, -0.1) is 0 Å². The van der Waals surface area contributed by atoms with Crippen LogP contribution in [0.1, 0.15) is 24.3 Å². The maximum atomic E-state index is 11.1. The highest BCUT2D eigenvalue weighted by molar-refractivity contribution is 7.99. The summed E-state index contributed by atoms with van der Waals surface area (Å²) in [5.41, 5.74) is 7.15. The highest BCUT2D eigenvalue weighted by atomic mass is 35.5. The van der Waals surface area contributed by atoms with Crippen molar-refractivity contribution >= 4 is 29.6 Å². The summed E-state index contributed by atoms with van der Waals surface area (Å²) in [6.45, 7) is 0. The molecule has 1 aliphatic heterocycles. The molecule has 0 aliphatic carbocycles. The molecule has 0 amide bonds. The lowest BCUT2D eigenvalue weighted by Crippen LogP contribution is -2.36. The normalized spacial score (nSPS) is 20.3. The van der Waals surface area contributed by atoms with Crippen LogP contribution in [0.15, 0.2) is 24.3 Å². The summed E-state index contributed by atoms with van der Waals surface area (Å²) < 4.78 is 0. The van der Waals surface area contributed by atoms with Crippen LogP contribution in [0.2, 0.25) is 5.02 Å². The maximum absolute atomic E-state index is 11.1. The van der Waals surface area contributed by atoms with Crippen molar-refractivity contribution in [2.75, 3.05) is 11.5 Å². The fourth-order valence-electron chi connectivity index (χ4n) is 2.65. The van der Waals surface area contributed by atoms with Gasteiger partial charge >= 0.3 is 0 Å². The Bertz CT molecular complexity index is 389. The van der Waals surface area contributed by atoms with Crippen LogP contribution in [0.5, 0.6) is 0 Å². The third-order valence-corrected chi connectivity index (χ3v) is 4.90. The number of aldehydes is 1. The van der Waals surface area contributed by atoms with Gasteiger partial charge in [0.2, 0.25) is 0 Å². The lowest BCUT2D eigenvalue weighted by molar-refractivity contribution is -0.109. The van der Waals surface area contributed by atoms with E-state index in [4.69, 9.17) is 17.3 Å². The fourth-order valence-corrected chi connectivity index (χ4v) is 3.92. The van der Waals surface area contributed by atoms with E-state index >= 15 is 0 Å². The second kappa shape index (κ2) is 6.60. The number of benzene rings is 1. The summed E-state index contributed by atoms with van der Waals surface area (Å²) in [6, 6.07) is 7.33. The Morgan fingerprint density at radius 2 is 1.89 bits per heavy atom. The monoisotopic (exact) mass is 283 g/mol. The molecule has 98 valence electrons. The van der Waals surface area contributed by atoms with E-state index in [0.717, 1.165) is 29.7 Å². The van der Waals surface area contributed by atoms with Crippen molar-refractivity contribution in [2.24, 2.45) is 11.7 Å². The molecule has 1 aliphatic rings. The molecule has 2 N–H and O–H groups in total. The number of thioether (sulfide) groups is 1. The van der Waals surface area contributed by atoms with Gasteiger partial charge < -0.3 is 10.5 Å². The van der Waals surface area contributed by atoms with Gasteiger partial charge in [-0.1, -0.05) is 23.7 Å². The van der Waals surface area contributed by atoms with Crippen molar-refractivity contribution in [1.29, 1.82) is 0 Å². The maximum Gasteiger partial charge on any atom is 0.137 e. The molecule has 1 aromatic rings. The molecule has 4 heteroatoms. The predicted octanol–water partition coefficient (Wildman–Crippen LogP) is 3.09. The molecule has 1 aromatic carbocycles. The zero-order chi connectivity index (χ0) is 13.0. The standard InChI is InChI=1S/C14H18ClNOS/c15-12-3-1-10(2-4-12)14(13(16)9-17)11-5-7-18-8-6-11/h1-4,9,11,13-14H,5-8,16H2. The first-order valence-electron chi connectivity index (χ1n) is 6.26. The van der Waals surface area contributed by atoms with Crippen LogP contribution in [-0.2, 0) is 4.79 Å². The third-order valence-electron chi connectivity index (χ3n) is 3.60. The van der Waals surface area contributed by atoms with Gasteiger partial charge in [0.1, 0.15) is 6.29 Å². The van der Waals surface area contributed by atoms with Crippen molar-refractivity contribution in [3.63, 3.8) is 0 Å². The molecule has 2 nitrogen and oxygen atoms in total. The van der Waals surface area contributed by atoms with Crippen molar-refractivity contribution in [1.82, 2.24) is 0 Å². The smallest absolute Gasteiger partial charge is 0.137 e. The van der Waals surface area contributed by atoms with Crippen LogP contribution < -0.4 is 5.73 Å². The van der Waals surface area contributed by atoms with Crippen LogP contribution in [-0.4, -0.2) is 23.8 Å². The first-order valence-corrected chi connectivity index (χ1v) is 7.79. The van der Waals surface area contributed by atoms with E-state index in [2.05, 4.69) is 0 Å². The van der Waals surface area contributed by atoms with E-state index in [1.165, 1.54) is 11.5 Å². The molecule has 1 heterocycles. The average Bonchev–Trinajstić information content (AvgIpc) is 2.42. The Balaban J connectivity index is 2.23. The SMILES string of the molecule is NC(C=O)C(c1ccc(Cl)cc1)C1CCSCC1. The van der Waals surface area contributed by atoms with Gasteiger partial charge in [-0.05, 0) is 48.0 Å². The molecule has 0 radical (unpaired) electrons. The Morgan fingerprint density at radius 3 is 2.44 bits per heavy atom.